The molecule has 0 spiro atoms. The molecule has 0 fully saturated rings. The third-order valence-electron chi connectivity index (χ3n) is 0. The molecule has 9 N–H and O–H groups in total. The SMILES string of the molecule is O.O.O.O.O=[NH+][O-].[CaH2]. The molecule has 0 heterocycles. The van der Waals surface area contributed by atoms with Gasteiger partial charge in [0.25, 0.3) is 0 Å². The Hall–Kier alpha value is 0.500. The van der Waals surface area contributed by atoms with Crippen molar-refractivity contribution >= 4 is 37.7 Å². The quantitative estimate of drug-likeness (QED) is 0.211. The first-order valence-electron chi connectivity index (χ1n) is 0.408. The number of nitrogens with one attached hydrogen (secondary N) is 1. The Bertz CT molecular complexity index is 16.0. The van der Waals surface area contributed by atoms with Crippen LogP contribution in [-0.2, 0) is 0 Å². The van der Waals surface area contributed by atoms with E-state index >= 15 is 0 Å². The van der Waals surface area contributed by atoms with Gasteiger partial charge in [-0.05, 0) is 0 Å². The zero-order valence-corrected chi connectivity index (χ0v) is 3.32. The number of hydrogen-bond acceptors (Lipinski definition) is 2. The van der Waals surface area contributed by atoms with Gasteiger partial charge in [0.1, 0.15) is 0 Å². The maximum atomic E-state index is 8.12. The van der Waals surface area contributed by atoms with Gasteiger partial charge in [-0.3, -0.25) is 10.1 Å². The van der Waals surface area contributed by atoms with E-state index in [0.29, 0.717) is 0 Å². The van der Waals surface area contributed by atoms with Gasteiger partial charge in [0.05, 0.1) is 0 Å². The molecule has 0 aromatic rings. The van der Waals surface area contributed by atoms with E-state index in [-0.39, 0.29) is 65.0 Å². The van der Waals surface area contributed by atoms with Crippen molar-refractivity contribution in [3.8, 4) is 0 Å². The number of hydrogen-bond donors (Lipinski definition) is 1. The van der Waals surface area contributed by atoms with Crippen LogP contribution in [0.25, 0.3) is 0 Å². The molecule has 0 saturated heterocycles. The van der Waals surface area contributed by atoms with Crippen molar-refractivity contribution in [2.45, 2.75) is 0 Å². The standard InChI is InChI=1S/Ca.HNO2.4H2O.2H/c;2-1-3;;;;;;/h;1H;4*1H2;;. The van der Waals surface area contributed by atoms with Crippen molar-refractivity contribution in [1.82, 2.24) is 0 Å². The van der Waals surface area contributed by atoms with Crippen molar-refractivity contribution in [2.24, 2.45) is 0 Å². The summed E-state index contributed by atoms with van der Waals surface area (Å²) in [5, 5.41) is 8.38. The van der Waals surface area contributed by atoms with Crippen LogP contribution in [0.15, 0.2) is 0 Å². The van der Waals surface area contributed by atoms with Gasteiger partial charge >= 0.3 is 37.7 Å². The van der Waals surface area contributed by atoms with E-state index in [4.69, 9.17) is 10.1 Å². The molecule has 0 rings (SSSR count). The molecule has 7 nitrogen and oxygen atoms in total. The molecule has 0 unspecified atom stereocenters. The first-order chi connectivity index (χ1) is 1.41. The molecule has 0 aliphatic heterocycles. The summed E-state index contributed by atoms with van der Waals surface area (Å²) in [5.41, 5.74) is 0. The average Bonchev–Trinajstić information content (AvgIpc) is 0.918. The van der Waals surface area contributed by atoms with Crippen LogP contribution in [0.3, 0.4) is 0 Å². The Balaban J connectivity index is -0.00000000200. The maximum absolute atomic E-state index is 8.12. The first kappa shape index (κ1) is 76.5. The second-order valence-corrected chi connectivity index (χ2v) is 0.0833. The van der Waals surface area contributed by atoms with E-state index in [1.54, 1.807) is 0 Å². The summed E-state index contributed by atoms with van der Waals surface area (Å²) in [5.74, 6) is 0. The van der Waals surface area contributed by atoms with Crippen LogP contribution in [-0.4, -0.2) is 59.6 Å². The van der Waals surface area contributed by atoms with Crippen LogP contribution < -0.4 is 5.34 Å². The zero-order valence-electron chi connectivity index (χ0n) is 3.32. The Labute approximate surface area is 74.9 Å². The topological polar surface area (TPSA) is 180 Å². The van der Waals surface area contributed by atoms with Crippen LogP contribution in [0.4, 0.5) is 0 Å². The summed E-state index contributed by atoms with van der Waals surface area (Å²) in [4.78, 5) is 8.12. The fourth-order valence-corrected chi connectivity index (χ4v) is 0. The monoisotopic (exact) mass is 161 g/mol. The predicted octanol–water partition coefficient (Wildman–Crippen LogP) is -5.88. The molecule has 0 aliphatic rings. The van der Waals surface area contributed by atoms with E-state index in [2.05, 4.69) is 0 Å². The Morgan fingerprint density at radius 1 is 1.00 bits per heavy atom. The molecule has 54 valence electrons. The molecule has 0 aromatic heterocycles. The summed E-state index contributed by atoms with van der Waals surface area (Å²) >= 11 is 0. The fraction of sp³-hybridized carbons (Fsp3) is 0. The van der Waals surface area contributed by atoms with Crippen LogP contribution >= 0.6 is 0 Å². The molecule has 0 aromatic carbocycles. The Kier molecular flexibility index (Phi) is 1350. The second-order valence-electron chi connectivity index (χ2n) is 0.0833. The van der Waals surface area contributed by atoms with Crippen molar-refractivity contribution < 1.29 is 27.2 Å². The second kappa shape index (κ2) is 141. The van der Waals surface area contributed by atoms with E-state index in [9.17, 15) is 0 Å². The summed E-state index contributed by atoms with van der Waals surface area (Å²) in [6.45, 7) is 0. The van der Waals surface area contributed by atoms with Crippen molar-refractivity contribution in [3.05, 3.63) is 10.1 Å². The predicted molar refractivity (Wildman–Crippen MR) is 30.7 cm³/mol. The van der Waals surface area contributed by atoms with Gasteiger partial charge in [0.15, 0.2) is 0 Å². The van der Waals surface area contributed by atoms with Gasteiger partial charge in [0, 0.05) is 5.34 Å². The molecular formula is H11CaNO6. The number of rotatable bonds is 0. The molecule has 0 bridgehead atoms. The molecule has 0 atom stereocenters. The molecular weight excluding hydrogens is 150 g/mol. The van der Waals surface area contributed by atoms with Gasteiger partial charge in [-0.2, -0.15) is 0 Å². The fourth-order valence-electron chi connectivity index (χ4n) is 0. The summed E-state index contributed by atoms with van der Waals surface area (Å²) < 4.78 is 0. The summed E-state index contributed by atoms with van der Waals surface area (Å²) in [6, 6.07) is 0. The summed E-state index contributed by atoms with van der Waals surface area (Å²) in [7, 11) is 0. The van der Waals surface area contributed by atoms with Crippen LogP contribution in [0.1, 0.15) is 0 Å². The van der Waals surface area contributed by atoms with E-state index in [1.807, 2.05) is 0 Å². The molecule has 8 heavy (non-hydrogen) atoms. The third-order valence-corrected chi connectivity index (χ3v) is 0. The molecule has 0 amide bonds. The van der Waals surface area contributed by atoms with Crippen molar-refractivity contribution in [3.63, 3.8) is 0 Å². The van der Waals surface area contributed by atoms with Crippen LogP contribution in [0.5, 0.6) is 0 Å². The third kappa shape index (κ3) is 787. The van der Waals surface area contributed by atoms with Crippen LogP contribution in [0.2, 0.25) is 0 Å². The van der Waals surface area contributed by atoms with Gasteiger partial charge < -0.3 is 21.9 Å². The van der Waals surface area contributed by atoms with Crippen LogP contribution in [0, 0.1) is 10.1 Å². The molecule has 8 heteroatoms. The normalized spacial score (nSPS) is 1.50. The molecule has 0 radical (unpaired) electrons. The minimum atomic E-state index is 0. The van der Waals surface area contributed by atoms with Gasteiger partial charge in [-0.15, -0.1) is 0 Å². The Morgan fingerprint density at radius 3 is 1.00 bits per heavy atom. The summed E-state index contributed by atoms with van der Waals surface area (Å²) in [6.07, 6.45) is 0. The van der Waals surface area contributed by atoms with Gasteiger partial charge in [-0.25, -0.2) is 0 Å². The van der Waals surface area contributed by atoms with Gasteiger partial charge in [-0.1, -0.05) is 0 Å². The zero-order chi connectivity index (χ0) is 2.71. The van der Waals surface area contributed by atoms with E-state index in [1.165, 1.54) is 0 Å². The average molecular weight is 161 g/mol. The van der Waals surface area contributed by atoms with E-state index < -0.39 is 0 Å². The van der Waals surface area contributed by atoms with Gasteiger partial charge in [0.2, 0.25) is 0 Å². The molecule has 0 aliphatic carbocycles. The van der Waals surface area contributed by atoms with Crippen molar-refractivity contribution in [2.75, 3.05) is 0 Å². The first-order valence-corrected chi connectivity index (χ1v) is 0.408. The van der Waals surface area contributed by atoms with E-state index in [0.717, 1.165) is 0 Å². The molecule has 0 saturated carbocycles. The van der Waals surface area contributed by atoms with Crippen molar-refractivity contribution in [1.29, 1.82) is 0 Å². The minimum absolute atomic E-state index is 0. The Morgan fingerprint density at radius 2 is 1.00 bits per heavy atom.